The average molecular weight is 300 g/mol. The van der Waals surface area contributed by atoms with E-state index in [9.17, 15) is 9.59 Å². The summed E-state index contributed by atoms with van der Waals surface area (Å²) in [7, 11) is 0. The number of carbonyl (C=O) groups excluding carboxylic acids is 2. The standard InChI is InChI=1S/C15H28N2O4/c1-6-16-12(18)10-20-15(5)8-7-9-17(11-15)13(19)21-14(2,3)4/h6-11H2,1-5H3,(H,16,18). The quantitative estimate of drug-likeness (QED) is 0.861. The van der Waals surface area contributed by atoms with Crippen molar-refractivity contribution in [3.63, 3.8) is 0 Å². The second-order valence-corrected chi connectivity index (χ2v) is 6.70. The molecule has 1 saturated heterocycles. The van der Waals surface area contributed by atoms with Crippen LogP contribution in [0.4, 0.5) is 4.79 Å². The lowest BCUT2D eigenvalue weighted by atomic mass is 9.95. The van der Waals surface area contributed by atoms with E-state index in [1.54, 1.807) is 4.90 Å². The number of carbonyl (C=O) groups is 2. The maximum Gasteiger partial charge on any atom is 0.410 e. The molecule has 122 valence electrons. The zero-order chi connectivity index (χ0) is 16.1. The molecule has 0 radical (unpaired) electrons. The monoisotopic (exact) mass is 300 g/mol. The van der Waals surface area contributed by atoms with Gasteiger partial charge in [0.1, 0.15) is 12.2 Å². The van der Waals surface area contributed by atoms with Gasteiger partial charge in [0, 0.05) is 13.1 Å². The molecule has 0 aromatic rings. The number of hydrogen-bond acceptors (Lipinski definition) is 4. The van der Waals surface area contributed by atoms with Gasteiger partial charge >= 0.3 is 6.09 Å². The van der Waals surface area contributed by atoms with Gasteiger partial charge in [0.2, 0.25) is 5.91 Å². The summed E-state index contributed by atoms with van der Waals surface area (Å²) in [6, 6.07) is 0. The molecule has 1 N–H and O–H groups in total. The van der Waals surface area contributed by atoms with Crippen LogP contribution in [0.25, 0.3) is 0 Å². The summed E-state index contributed by atoms with van der Waals surface area (Å²) in [4.78, 5) is 25.3. The summed E-state index contributed by atoms with van der Waals surface area (Å²) in [6.45, 7) is 11.1. The average Bonchev–Trinajstić information content (AvgIpc) is 2.35. The summed E-state index contributed by atoms with van der Waals surface area (Å²) < 4.78 is 11.1. The Bertz CT molecular complexity index is 378. The van der Waals surface area contributed by atoms with Gasteiger partial charge in [-0.3, -0.25) is 4.79 Å². The smallest absolute Gasteiger partial charge is 0.410 e. The van der Waals surface area contributed by atoms with Crippen LogP contribution in [-0.2, 0) is 14.3 Å². The van der Waals surface area contributed by atoms with Crippen molar-refractivity contribution in [2.45, 2.75) is 58.7 Å². The number of hydrogen-bond donors (Lipinski definition) is 1. The van der Waals surface area contributed by atoms with Crippen LogP contribution >= 0.6 is 0 Å². The van der Waals surface area contributed by atoms with Crippen LogP contribution in [0.2, 0.25) is 0 Å². The molecule has 0 aromatic carbocycles. The highest BCUT2D eigenvalue weighted by molar-refractivity contribution is 5.77. The number of likely N-dealkylation sites (tertiary alicyclic amines) is 1. The SMILES string of the molecule is CCNC(=O)COC1(C)CCCN(C(=O)OC(C)(C)C)C1. The van der Waals surface area contributed by atoms with Crippen molar-refractivity contribution in [2.75, 3.05) is 26.2 Å². The summed E-state index contributed by atoms with van der Waals surface area (Å²) in [6.07, 6.45) is 1.34. The second kappa shape index (κ2) is 7.11. The number of rotatable bonds is 4. The third kappa shape index (κ3) is 6.33. The van der Waals surface area contributed by atoms with Crippen molar-refractivity contribution < 1.29 is 19.1 Å². The molecule has 6 heteroatoms. The second-order valence-electron chi connectivity index (χ2n) is 6.70. The molecule has 1 rings (SSSR count). The first kappa shape index (κ1) is 17.8. The van der Waals surface area contributed by atoms with Gasteiger partial charge in [0.05, 0.1) is 12.1 Å². The zero-order valence-corrected chi connectivity index (χ0v) is 13.8. The normalized spacial score (nSPS) is 22.8. The fourth-order valence-corrected chi connectivity index (χ4v) is 2.29. The van der Waals surface area contributed by atoms with E-state index >= 15 is 0 Å². The van der Waals surface area contributed by atoms with E-state index in [1.165, 1.54) is 0 Å². The predicted octanol–water partition coefficient (Wildman–Crippen LogP) is 1.93. The van der Waals surface area contributed by atoms with E-state index in [4.69, 9.17) is 9.47 Å². The number of nitrogens with one attached hydrogen (secondary N) is 1. The van der Waals surface area contributed by atoms with E-state index < -0.39 is 11.2 Å². The van der Waals surface area contributed by atoms with Crippen LogP contribution in [-0.4, -0.2) is 54.3 Å². The van der Waals surface area contributed by atoms with Crippen molar-refractivity contribution in [3.05, 3.63) is 0 Å². The molecule has 1 aliphatic rings. The number of likely N-dealkylation sites (N-methyl/N-ethyl adjacent to an activating group) is 1. The molecule has 0 spiro atoms. The Kier molecular flexibility index (Phi) is 6.01. The molecule has 0 bridgehead atoms. The van der Waals surface area contributed by atoms with Gasteiger partial charge < -0.3 is 19.7 Å². The zero-order valence-electron chi connectivity index (χ0n) is 13.8. The minimum Gasteiger partial charge on any atom is -0.444 e. The fourth-order valence-electron chi connectivity index (χ4n) is 2.29. The van der Waals surface area contributed by atoms with Crippen molar-refractivity contribution in [3.8, 4) is 0 Å². The van der Waals surface area contributed by atoms with Gasteiger partial charge in [-0.25, -0.2) is 4.79 Å². The van der Waals surface area contributed by atoms with E-state index in [0.29, 0.717) is 19.6 Å². The Morgan fingerprint density at radius 2 is 2.00 bits per heavy atom. The van der Waals surface area contributed by atoms with Crippen molar-refractivity contribution in [2.24, 2.45) is 0 Å². The van der Waals surface area contributed by atoms with Gasteiger partial charge in [-0.15, -0.1) is 0 Å². The number of nitrogens with zero attached hydrogens (tertiary/aromatic N) is 1. The highest BCUT2D eigenvalue weighted by atomic mass is 16.6. The maximum atomic E-state index is 12.1. The minimum absolute atomic E-state index is 0.0203. The highest BCUT2D eigenvalue weighted by Gasteiger charge is 2.36. The number of amides is 2. The Morgan fingerprint density at radius 3 is 2.57 bits per heavy atom. The largest absolute Gasteiger partial charge is 0.444 e. The first-order valence-electron chi connectivity index (χ1n) is 7.54. The number of ether oxygens (including phenoxy) is 2. The van der Waals surface area contributed by atoms with Gasteiger partial charge in [0.15, 0.2) is 0 Å². The van der Waals surface area contributed by atoms with Crippen molar-refractivity contribution in [1.29, 1.82) is 0 Å². The van der Waals surface area contributed by atoms with Gasteiger partial charge in [-0.2, -0.15) is 0 Å². The van der Waals surface area contributed by atoms with E-state index in [2.05, 4.69) is 5.32 Å². The first-order valence-corrected chi connectivity index (χ1v) is 7.54. The molecular weight excluding hydrogens is 272 g/mol. The summed E-state index contributed by atoms with van der Waals surface area (Å²) in [5.41, 5.74) is -1.01. The van der Waals surface area contributed by atoms with Crippen molar-refractivity contribution in [1.82, 2.24) is 10.2 Å². The number of piperidine rings is 1. The van der Waals surface area contributed by atoms with Crippen LogP contribution in [0.3, 0.4) is 0 Å². The third-order valence-electron chi connectivity index (χ3n) is 3.24. The molecule has 0 saturated carbocycles. The van der Waals surface area contributed by atoms with Gasteiger partial charge in [-0.1, -0.05) is 0 Å². The third-order valence-corrected chi connectivity index (χ3v) is 3.24. The van der Waals surface area contributed by atoms with Crippen molar-refractivity contribution >= 4 is 12.0 Å². The van der Waals surface area contributed by atoms with Crippen LogP contribution in [0.1, 0.15) is 47.5 Å². The lowest BCUT2D eigenvalue weighted by Gasteiger charge is -2.40. The summed E-state index contributed by atoms with van der Waals surface area (Å²) in [5, 5.41) is 2.70. The summed E-state index contributed by atoms with van der Waals surface area (Å²) in [5.74, 6) is -0.131. The molecule has 6 nitrogen and oxygen atoms in total. The van der Waals surface area contributed by atoms with Crippen LogP contribution in [0.15, 0.2) is 0 Å². The minimum atomic E-state index is -0.507. The molecule has 1 fully saturated rings. The molecule has 1 aliphatic heterocycles. The maximum absolute atomic E-state index is 12.1. The Labute approximate surface area is 127 Å². The Morgan fingerprint density at radius 1 is 1.33 bits per heavy atom. The summed E-state index contributed by atoms with van der Waals surface area (Å²) >= 11 is 0. The lowest BCUT2D eigenvalue weighted by Crippen LogP contribution is -2.52. The molecule has 2 amide bonds. The lowest BCUT2D eigenvalue weighted by molar-refractivity contribution is -0.136. The Balaban J connectivity index is 2.53. The van der Waals surface area contributed by atoms with E-state index in [1.807, 2.05) is 34.6 Å². The molecule has 0 aliphatic carbocycles. The molecule has 1 unspecified atom stereocenters. The van der Waals surface area contributed by atoms with Crippen LogP contribution in [0.5, 0.6) is 0 Å². The molecular formula is C15H28N2O4. The van der Waals surface area contributed by atoms with Gasteiger partial charge in [0.25, 0.3) is 0 Å². The Hall–Kier alpha value is -1.30. The van der Waals surface area contributed by atoms with E-state index in [-0.39, 0.29) is 18.6 Å². The first-order chi connectivity index (χ1) is 9.65. The molecule has 0 aromatic heterocycles. The molecule has 1 heterocycles. The van der Waals surface area contributed by atoms with Gasteiger partial charge in [-0.05, 0) is 47.5 Å². The van der Waals surface area contributed by atoms with Crippen LogP contribution in [0, 0.1) is 0 Å². The fraction of sp³-hybridized carbons (Fsp3) is 0.867. The topological polar surface area (TPSA) is 67.9 Å². The van der Waals surface area contributed by atoms with E-state index in [0.717, 1.165) is 12.8 Å². The molecule has 1 atom stereocenters. The predicted molar refractivity (Wildman–Crippen MR) is 80.1 cm³/mol. The highest BCUT2D eigenvalue weighted by Crippen LogP contribution is 2.25. The molecule has 21 heavy (non-hydrogen) atoms. The van der Waals surface area contributed by atoms with Crippen LogP contribution < -0.4 is 5.32 Å².